The highest BCUT2D eigenvalue weighted by molar-refractivity contribution is 9.09. The van der Waals surface area contributed by atoms with Gasteiger partial charge in [-0.2, -0.15) is 13.2 Å². The van der Waals surface area contributed by atoms with Crippen LogP contribution in [0.2, 0.25) is 0 Å². The summed E-state index contributed by atoms with van der Waals surface area (Å²) in [5, 5.41) is 0. The van der Waals surface area contributed by atoms with E-state index in [-0.39, 0.29) is 5.75 Å². The van der Waals surface area contributed by atoms with Crippen molar-refractivity contribution < 1.29 is 22.6 Å². The molecule has 19 heavy (non-hydrogen) atoms. The van der Waals surface area contributed by atoms with Crippen LogP contribution in [0.1, 0.15) is 6.42 Å². The third-order valence-electron chi connectivity index (χ3n) is 2.47. The van der Waals surface area contributed by atoms with E-state index in [4.69, 9.17) is 9.47 Å². The Morgan fingerprint density at radius 3 is 2.58 bits per heavy atom. The lowest BCUT2D eigenvalue weighted by Crippen LogP contribution is -2.24. The van der Waals surface area contributed by atoms with Crippen LogP contribution in [0.4, 0.5) is 13.2 Å². The molecule has 0 bridgehead atoms. The number of hydrogen-bond donors (Lipinski definition) is 0. The first-order valence-corrected chi connectivity index (χ1v) is 7.60. The second kappa shape index (κ2) is 6.26. The maximum Gasteiger partial charge on any atom is 0.402 e. The van der Waals surface area contributed by atoms with E-state index in [0.29, 0.717) is 24.7 Å². The van der Waals surface area contributed by atoms with Gasteiger partial charge >= 0.3 is 6.18 Å². The second-order valence-electron chi connectivity index (χ2n) is 3.98. The summed E-state index contributed by atoms with van der Waals surface area (Å²) in [5.74, 6) is 1.16. The van der Waals surface area contributed by atoms with Crippen LogP contribution in [0.25, 0.3) is 0 Å². The molecule has 0 spiro atoms. The molecule has 0 amide bonds. The molecule has 1 aliphatic rings. The Bertz CT molecular complexity index is 439. The molecule has 0 fully saturated rings. The Morgan fingerprint density at radius 2 is 1.89 bits per heavy atom. The van der Waals surface area contributed by atoms with Crippen molar-refractivity contribution in [1.82, 2.24) is 0 Å². The molecule has 1 unspecified atom stereocenters. The normalized spacial score (nSPS) is 16.8. The van der Waals surface area contributed by atoms with Crippen LogP contribution in [-0.4, -0.2) is 30.0 Å². The molecule has 1 aliphatic heterocycles. The summed E-state index contributed by atoms with van der Waals surface area (Å²) in [6.07, 6.45) is -3.42. The molecule has 2 nitrogen and oxygen atoms in total. The van der Waals surface area contributed by atoms with Gasteiger partial charge in [0.1, 0.15) is 4.83 Å². The fourth-order valence-electron chi connectivity index (χ4n) is 1.50. The smallest absolute Gasteiger partial charge is 0.402 e. The summed E-state index contributed by atoms with van der Waals surface area (Å²) >= 11 is 3.77. The van der Waals surface area contributed by atoms with Gasteiger partial charge in [0, 0.05) is 17.1 Å². The van der Waals surface area contributed by atoms with Crippen LogP contribution >= 0.6 is 27.7 Å². The van der Waals surface area contributed by atoms with Gasteiger partial charge in [0.2, 0.25) is 0 Å². The molecular formula is C12H12BrF3O2S. The number of alkyl halides is 4. The first-order chi connectivity index (χ1) is 8.97. The van der Waals surface area contributed by atoms with Gasteiger partial charge in [-0.05, 0) is 18.2 Å². The maximum atomic E-state index is 12.4. The van der Waals surface area contributed by atoms with E-state index in [1.54, 1.807) is 18.2 Å². The zero-order valence-corrected chi connectivity index (χ0v) is 12.3. The number of thioether (sulfide) groups is 1. The van der Waals surface area contributed by atoms with E-state index < -0.39 is 11.0 Å². The number of hydrogen-bond acceptors (Lipinski definition) is 3. The summed E-state index contributed by atoms with van der Waals surface area (Å²) in [5.41, 5.74) is 0. The monoisotopic (exact) mass is 356 g/mol. The zero-order chi connectivity index (χ0) is 13.9. The van der Waals surface area contributed by atoms with Gasteiger partial charge in [-0.15, -0.1) is 11.8 Å². The van der Waals surface area contributed by atoms with E-state index in [1.165, 1.54) is 0 Å². The van der Waals surface area contributed by atoms with Gasteiger partial charge in [0.05, 0.1) is 13.2 Å². The zero-order valence-electron chi connectivity index (χ0n) is 9.87. The van der Waals surface area contributed by atoms with Crippen LogP contribution in [0.3, 0.4) is 0 Å². The van der Waals surface area contributed by atoms with Gasteiger partial charge in [0.15, 0.2) is 11.5 Å². The third kappa shape index (κ3) is 4.21. The minimum absolute atomic E-state index is 0.0802. The summed E-state index contributed by atoms with van der Waals surface area (Å²) in [6, 6.07) is 5.20. The standard InChI is InChI=1S/C12H12BrF3O2S/c13-11(12(14,15)16)7-19-8-2-3-9-10(6-8)18-5-1-4-17-9/h2-3,6,11H,1,4-5,7H2. The van der Waals surface area contributed by atoms with E-state index in [2.05, 4.69) is 15.9 Å². The lowest BCUT2D eigenvalue weighted by atomic mass is 10.3. The van der Waals surface area contributed by atoms with E-state index in [0.717, 1.165) is 23.1 Å². The first kappa shape index (κ1) is 14.8. The van der Waals surface area contributed by atoms with Crippen LogP contribution < -0.4 is 9.47 Å². The summed E-state index contributed by atoms with van der Waals surface area (Å²) in [7, 11) is 0. The highest BCUT2D eigenvalue weighted by atomic mass is 79.9. The molecule has 1 aromatic carbocycles. The summed E-state index contributed by atoms with van der Waals surface area (Å²) in [4.78, 5) is -0.779. The summed E-state index contributed by atoms with van der Waals surface area (Å²) in [6.45, 7) is 1.15. The Kier molecular flexibility index (Phi) is 4.89. The summed E-state index contributed by atoms with van der Waals surface area (Å²) < 4.78 is 48.1. The molecule has 0 aromatic heterocycles. The molecule has 1 aromatic rings. The minimum atomic E-state index is -4.22. The Hall–Kier alpha value is -0.560. The van der Waals surface area contributed by atoms with E-state index >= 15 is 0 Å². The van der Waals surface area contributed by atoms with Gasteiger partial charge in [0.25, 0.3) is 0 Å². The van der Waals surface area contributed by atoms with E-state index in [1.807, 2.05) is 0 Å². The van der Waals surface area contributed by atoms with Gasteiger partial charge in [-0.25, -0.2) is 0 Å². The lowest BCUT2D eigenvalue weighted by molar-refractivity contribution is -0.122. The van der Waals surface area contributed by atoms with Crippen molar-refractivity contribution in [2.45, 2.75) is 22.3 Å². The van der Waals surface area contributed by atoms with Crippen molar-refractivity contribution >= 4 is 27.7 Å². The average Bonchev–Trinajstić information content (AvgIpc) is 2.59. The van der Waals surface area contributed by atoms with Gasteiger partial charge in [-0.1, -0.05) is 15.9 Å². The molecule has 0 saturated heterocycles. The number of ether oxygens (including phenoxy) is 2. The molecule has 106 valence electrons. The number of halogens is 4. The number of rotatable bonds is 3. The van der Waals surface area contributed by atoms with Crippen LogP contribution in [0.15, 0.2) is 23.1 Å². The van der Waals surface area contributed by atoms with Gasteiger partial charge in [-0.3, -0.25) is 0 Å². The largest absolute Gasteiger partial charge is 0.490 e. The fourth-order valence-corrected chi connectivity index (χ4v) is 2.78. The molecule has 0 saturated carbocycles. The van der Waals surface area contributed by atoms with Crippen molar-refractivity contribution in [3.8, 4) is 11.5 Å². The predicted octanol–water partition coefficient (Wildman–Crippen LogP) is 4.27. The van der Waals surface area contributed by atoms with Crippen molar-refractivity contribution in [2.24, 2.45) is 0 Å². The van der Waals surface area contributed by atoms with Crippen molar-refractivity contribution in [1.29, 1.82) is 0 Å². The lowest BCUT2D eigenvalue weighted by Gasteiger charge is -2.14. The Labute approximate surface area is 121 Å². The van der Waals surface area contributed by atoms with Gasteiger partial charge < -0.3 is 9.47 Å². The highest BCUT2D eigenvalue weighted by Crippen LogP contribution is 2.36. The maximum absolute atomic E-state index is 12.4. The van der Waals surface area contributed by atoms with Crippen LogP contribution in [-0.2, 0) is 0 Å². The molecule has 0 N–H and O–H groups in total. The topological polar surface area (TPSA) is 18.5 Å². The number of fused-ring (bicyclic) bond motifs is 1. The molecule has 0 radical (unpaired) electrons. The van der Waals surface area contributed by atoms with Crippen molar-refractivity contribution in [3.63, 3.8) is 0 Å². The molecule has 1 heterocycles. The molecule has 2 rings (SSSR count). The Balaban J connectivity index is 2.00. The predicted molar refractivity (Wildman–Crippen MR) is 71.5 cm³/mol. The minimum Gasteiger partial charge on any atom is -0.490 e. The molecule has 7 heteroatoms. The highest BCUT2D eigenvalue weighted by Gasteiger charge is 2.37. The molecule has 1 atom stereocenters. The van der Waals surface area contributed by atoms with E-state index in [9.17, 15) is 13.2 Å². The fraction of sp³-hybridized carbons (Fsp3) is 0.500. The number of benzene rings is 1. The van der Waals surface area contributed by atoms with Crippen molar-refractivity contribution in [3.05, 3.63) is 18.2 Å². The molecular weight excluding hydrogens is 345 g/mol. The third-order valence-corrected chi connectivity index (χ3v) is 4.83. The van der Waals surface area contributed by atoms with Crippen molar-refractivity contribution in [2.75, 3.05) is 19.0 Å². The Morgan fingerprint density at radius 1 is 1.21 bits per heavy atom. The quantitative estimate of drug-likeness (QED) is 0.595. The van der Waals surface area contributed by atoms with Crippen LogP contribution in [0.5, 0.6) is 11.5 Å². The van der Waals surface area contributed by atoms with Crippen LogP contribution in [0, 0.1) is 0 Å². The first-order valence-electron chi connectivity index (χ1n) is 5.70. The second-order valence-corrected chi connectivity index (χ2v) is 6.18. The molecule has 0 aliphatic carbocycles. The average molecular weight is 357 g/mol. The SMILES string of the molecule is FC(F)(F)C(Br)CSc1ccc2c(c1)OCCCO2.